The number of pyridine rings is 1. The molecule has 4 aromatic rings. The predicted molar refractivity (Wildman–Crippen MR) is 120 cm³/mol. The van der Waals surface area contributed by atoms with E-state index < -0.39 is 35.3 Å². The fourth-order valence-electron chi connectivity index (χ4n) is 3.16. The van der Waals surface area contributed by atoms with Crippen LogP contribution in [0, 0.1) is 12.7 Å². The van der Waals surface area contributed by atoms with Gasteiger partial charge in [-0.25, -0.2) is 9.37 Å². The minimum absolute atomic E-state index is 0.0955. The molecule has 11 heteroatoms. The molecule has 178 valence electrons. The average molecular weight is 484 g/mol. The Morgan fingerprint density at radius 1 is 1.00 bits per heavy atom. The first kappa shape index (κ1) is 22.3. The summed E-state index contributed by atoms with van der Waals surface area (Å²) in [7, 11) is 0. The van der Waals surface area contributed by atoms with Crippen LogP contribution in [0.1, 0.15) is 32.2 Å². The van der Waals surface area contributed by atoms with Crippen molar-refractivity contribution in [1.82, 2.24) is 15.0 Å². The molecule has 0 saturated carbocycles. The Bertz CT molecular complexity index is 1420. The zero-order valence-electron chi connectivity index (χ0n) is 19.0. The van der Waals surface area contributed by atoms with Gasteiger partial charge in [0.25, 0.3) is 11.8 Å². The average Bonchev–Trinajstić information content (AvgIpc) is 3.32. The summed E-state index contributed by atoms with van der Waals surface area (Å²) in [6.45, 7) is 1.65. The molecule has 7 nitrogen and oxygen atoms in total. The number of nitrogens with zero attached hydrogens (tertiary/aromatic N) is 2. The van der Waals surface area contributed by atoms with Gasteiger partial charge in [-0.15, -0.1) is 0 Å². The van der Waals surface area contributed by atoms with Crippen LogP contribution in [0.2, 0.25) is 1.41 Å². The van der Waals surface area contributed by atoms with E-state index in [4.69, 9.17) is 1.41 Å². The maximum absolute atomic E-state index is 13.3. The predicted octanol–water partition coefficient (Wildman–Crippen LogP) is 5.44. The zero-order chi connectivity index (χ0) is 26.0. The van der Waals surface area contributed by atoms with Crippen molar-refractivity contribution in [1.29, 1.82) is 0 Å². The van der Waals surface area contributed by atoms with Crippen LogP contribution in [0.3, 0.4) is 0 Å². The van der Waals surface area contributed by atoms with Gasteiger partial charge in [0.05, 0.1) is 0 Å². The van der Waals surface area contributed by atoms with Gasteiger partial charge in [-0.2, -0.15) is 13.2 Å². The van der Waals surface area contributed by atoms with Crippen LogP contribution in [0.4, 0.5) is 28.9 Å². The monoisotopic (exact) mass is 484 g/mol. The second-order valence-electron chi connectivity index (χ2n) is 7.42. The highest BCUT2D eigenvalue weighted by molar-refractivity contribution is 6.08. The number of anilines is 2. The minimum Gasteiger partial charge on any atom is -0.330 e. The van der Waals surface area contributed by atoms with Crippen molar-refractivity contribution in [2.75, 3.05) is 10.6 Å². The molecule has 2 aromatic heterocycles. The number of carbonyl (C=O) groups excluding carboxylic acids is 2. The van der Waals surface area contributed by atoms with Crippen LogP contribution in [0.5, 0.6) is 0 Å². The lowest BCUT2D eigenvalue weighted by Crippen LogP contribution is -2.16. The van der Waals surface area contributed by atoms with Gasteiger partial charge in [0, 0.05) is 34.9 Å². The number of rotatable bonds is 5. The number of aromatic amines is 1. The first-order chi connectivity index (χ1) is 17.0. The van der Waals surface area contributed by atoms with Crippen LogP contribution in [0.25, 0.3) is 11.3 Å². The SMILES string of the molecule is [2H]N(C(=O)c1ccncc1)c1cc(NC(=O)c2[nH]c(C(F)(F)F)nc2-c2ccc(F)cc2)ccc1C. The lowest BCUT2D eigenvalue weighted by atomic mass is 10.1. The maximum Gasteiger partial charge on any atom is 0.449 e. The highest BCUT2D eigenvalue weighted by Crippen LogP contribution is 2.32. The Morgan fingerprint density at radius 2 is 1.69 bits per heavy atom. The molecular weight excluding hydrogens is 466 g/mol. The topological polar surface area (TPSA) is 99.8 Å². The van der Waals surface area contributed by atoms with Gasteiger partial charge >= 0.3 is 6.18 Å². The van der Waals surface area contributed by atoms with Crippen molar-refractivity contribution in [2.24, 2.45) is 0 Å². The van der Waals surface area contributed by atoms with Crippen LogP contribution in [-0.2, 0) is 6.18 Å². The maximum atomic E-state index is 13.3. The molecule has 2 aromatic carbocycles. The summed E-state index contributed by atoms with van der Waals surface area (Å²) in [4.78, 5) is 35.0. The first-order valence-corrected chi connectivity index (χ1v) is 10.1. The van der Waals surface area contributed by atoms with Gasteiger partial charge in [0.2, 0.25) is 5.82 Å². The third kappa shape index (κ3) is 5.35. The van der Waals surface area contributed by atoms with Crippen molar-refractivity contribution >= 4 is 23.2 Å². The summed E-state index contributed by atoms with van der Waals surface area (Å²) in [6, 6.07) is 11.7. The quantitative estimate of drug-likeness (QED) is 0.328. The Morgan fingerprint density at radius 3 is 2.34 bits per heavy atom. The normalized spacial score (nSPS) is 11.6. The van der Waals surface area contributed by atoms with Crippen molar-refractivity contribution in [3.63, 3.8) is 0 Å². The molecule has 0 aliphatic carbocycles. The Balaban J connectivity index is 1.65. The number of hydrogen-bond acceptors (Lipinski definition) is 4. The Labute approximate surface area is 197 Å². The highest BCUT2D eigenvalue weighted by atomic mass is 19.4. The molecule has 35 heavy (non-hydrogen) atoms. The van der Waals surface area contributed by atoms with E-state index in [9.17, 15) is 27.2 Å². The molecule has 0 aliphatic heterocycles. The summed E-state index contributed by atoms with van der Waals surface area (Å²) in [5.41, 5.74) is 0.308. The number of aryl methyl sites for hydroxylation is 1. The van der Waals surface area contributed by atoms with E-state index in [1.54, 1.807) is 13.0 Å². The van der Waals surface area contributed by atoms with E-state index in [0.717, 1.165) is 12.1 Å². The van der Waals surface area contributed by atoms with E-state index in [0.29, 0.717) is 10.9 Å². The van der Waals surface area contributed by atoms with Gasteiger partial charge in [0.1, 0.15) is 17.2 Å². The van der Waals surface area contributed by atoms with Gasteiger partial charge in [-0.3, -0.25) is 14.6 Å². The summed E-state index contributed by atoms with van der Waals surface area (Å²) >= 11 is 0. The number of H-pyrrole nitrogens is 1. The van der Waals surface area contributed by atoms with Gasteiger partial charge in [-0.1, -0.05) is 6.07 Å². The smallest absolute Gasteiger partial charge is 0.330 e. The number of amides is 2. The highest BCUT2D eigenvalue weighted by Gasteiger charge is 2.37. The van der Waals surface area contributed by atoms with Gasteiger partial charge in [0.15, 0.2) is 1.41 Å². The van der Waals surface area contributed by atoms with Crippen molar-refractivity contribution in [3.8, 4) is 11.3 Å². The van der Waals surface area contributed by atoms with Gasteiger partial charge in [-0.05, 0) is 61.0 Å². The Hall–Kier alpha value is -4.54. The molecule has 0 atom stereocenters. The van der Waals surface area contributed by atoms with E-state index in [2.05, 4.69) is 15.3 Å². The summed E-state index contributed by atoms with van der Waals surface area (Å²) in [5.74, 6) is -3.60. The third-order valence-corrected chi connectivity index (χ3v) is 4.93. The van der Waals surface area contributed by atoms with Crippen LogP contribution < -0.4 is 10.6 Å². The van der Waals surface area contributed by atoms with Crippen molar-refractivity contribution in [2.45, 2.75) is 13.1 Å². The fourth-order valence-corrected chi connectivity index (χ4v) is 3.16. The largest absolute Gasteiger partial charge is 0.449 e. The van der Waals surface area contributed by atoms with Gasteiger partial charge < -0.3 is 15.6 Å². The van der Waals surface area contributed by atoms with E-state index >= 15 is 0 Å². The molecule has 0 spiro atoms. The van der Waals surface area contributed by atoms with Crippen LogP contribution in [0.15, 0.2) is 67.0 Å². The second kappa shape index (κ2) is 9.37. The molecular formula is C24H17F4N5O2. The number of benzene rings is 2. The minimum atomic E-state index is -4.86. The summed E-state index contributed by atoms with van der Waals surface area (Å²) < 4.78 is 61.5. The summed E-state index contributed by atoms with van der Waals surface area (Å²) in [6.07, 6.45) is -2.05. The summed E-state index contributed by atoms with van der Waals surface area (Å²) in [5, 5.41) is 3.10. The first-order valence-electron chi connectivity index (χ1n) is 10.6. The molecule has 2 heterocycles. The van der Waals surface area contributed by atoms with E-state index in [1.165, 1.54) is 48.8 Å². The second-order valence-corrected chi connectivity index (χ2v) is 7.42. The number of nitrogens with one attached hydrogen (secondary N) is 3. The molecule has 0 bridgehead atoms. The Kier molecular flexibility index (Phi) is 5.96. The van der Waals surface area contributed by atoms with Crippen LogP contribution in [-0.4, -0.2) is 26.8 Å². The number of halogens is 4. The standard InChI is InChI=1S/C24H17F4N5O2/c1-13-2-7-17(12-18(13)31-21(34)15-8-10-29-11-9-15)30-22(35)20-19(14-3-5-16(25)6-4-14)32-23(33-20)24(26,27)28/h2-12H,1H3,(H,30,35)(H,31,34)(H,32,33)/i/hD. The number of aromatic nitrogens is 3. The molecule has 2 amide bonds. The molecule has 0 radical (unpaired) electrons. The van der Waals surface area contributed by atoms with E-state index in [-0.39, 0.29) is 28.2 Å². The lowest BCUT2D eigenvalue weighted by Gasteiger charge is -2.12. The molecule has 3 N–H and O–H groups in total. The molecule has 0 unspecified atom stereocenters. The van der Waals surface area contributed by atoms with Crippen LogP contribution >= 0.6 is 0 Å². The molecule has 4 rings (SSSR count). The molecule has 0 fully saturated rings. The number of carbonyl (C=O) groups is 2. The van der Waals surface area contributed by atoms with Crippen molar-refractivity contribution in [3.05, 3.63) is 95.5 Å². The third-order valence-electron chi connectivity index (χ3n) is 4.93. The zero-order valence-corrected chi connectivity index (χ0v) is 18.0. The number of hydrogen-bond donors (Lipinski definition) is 3. The van der Waals surface area contributed by atoms with E-state index in [1.807, 2.05) is 4.98 Å². The molecule has 0 saturated heterocycles. The fraction of sp³-hybridized carbons (Fsp3) is 0.0833. The number of imidazole rings is 1. The number of alkyl halides is 3. The lowest BCUT2D eigenvalue weighted by molar-refractivity contribution is -0.144. The van der Waals surface area contributed by atoms with Crippen molar-refractivity contribution < 1.29 is 28.6 Å². The molecule has 0 aliphatic rings.